The maximum Gasteiger partial charge on any atom is 0.255 e. The van der Waals surface area contributed by atoms with Crippen LogP contribution in [0.15, 0.2) is 48.5 Å². The molecule has 21 heavy (non-hydrogen) atoms. The van der Waals surface area contributed by atoms with Crippen molar-refractivity contribution in [3.8, 4) is 0 Å². The van der Waals surface area contributed by atoms with Crippen LogP contribution in [0, 0.1) is 0 Å². The molecule has 0 bridgehead atoms. The van der Waals surface area contributed by atoms with Crippen LogP contribution < -0.4 is 16.6 Å². The molecule has 4 nitrogen and oxygen atoms in total. The van der Waals surface area contributed by atoms with E-state index >= 15 is 0 Å². The summed E-state index contributed by atoms with van der Waals surface area (Å²) < 4.78 is 0. The fourth-order valence-corrected chi connectivity index (χ4v) is 2.06. The number of anilines is 2. The molecule has 0 spiro atoms. The van der Waals surface area contributed by atoms with E-state index in [9.17, 15) is 4.79 Å². The van der Waals surface area contributed by atoms with Gasteiger partial charge in [0, 0.05) is 16.9 Å². The lowest BCUT2D eigenvalue weighted by atomic mass is 10.1. The zero-order valence-corrected chi connectivity index (χ0v) is 12.2. The number of nitrogens with one attached hydrogen (secondary N) is 2. The van der Waals surface area contributed by atoms with Crippen LogP contribution in [0.4, 0.5) is 11.4 Å². The summed E-state index contributed by atoms with van der Waals surface area (Å²) in [4.78, 5) is 12.1. The average molecular weight is 283 g/mol. The first kappa shape index (κ1) is 15.1. The minimum atomic E-state index is -0.125. The Hall–Kier alpha value is -2.33. The second kappa shape index (κ2) is 7.45. The fourth-order valence-electron chi connectivity index (χ4n) is 2.06. The van der Waals surface area contributed by atoms with Crippen LogP contribution in [0.25, 0.3) is 0 Å². The van der Waals surface area contributed by atoms with Crippen LogP contribution in [0.1, 0.15) is 35.7 Å². The molecular weight excluding hydrogens is 262 g/mol. The molecule has 0 saturated carbocycles. The second-order valence-corrected chi connectivity index (χ2v) is 4.98. The number of hydrogen-bond donors (Lipinski definition) is 3. The summed E-state index contributed by atoms with van der Waals surface area (Å²) in [7, 11) is 0. The summed E-state index contributed by atoms with van der Waals surface area (Å²) in [5.41, 5.74) is 6.01. The van der Waals surface area contributed by atoms with Gasteiger partial charge in [0.15, 0.2) is 0 Å². The van der Waals surface area contributed by atoms with E-state index in [1.165, 1.54) is 18.4 Å². The van der Waals surface area contributed by atoms with Crippen molar-refractivity contribution in [1.29, 1.82) is 0 Å². The Morgan fingerprint density at radius 1 is 1.00 bits per heavy atom. The highest BCUT2D eigenvalue weighted by Crippen LogP contribution is 2.14. The molecule has 0 unspecified atom stereocenters. The van der Waals surface area contributed by atoms with Gasteiger partial charge in [-0.3, -0.25) is 10.6 Å². The van der Waals surface area contributed by atoms with Gasteiger partial charge in [-0.15, -0.1) is 0 Å². The van der Waals surface area contributed by atoms with Crippen LogP contribution >= 0.6 is 0 Å². The quantitative estimate of drug-likeness (QED) is 0.561. The predicted molar refractivity (Wildman–Crippen MR) is 87.3 cm³/mol. The summed E-state index contributed by atoms with van der Waals surface area (Å²) in [5.74, 6) is 5.17. The van der Waals surface area contributed by atoms with Crippen LogP contribution in [0.2, 0.25) is 0 Å². The van der Waals surface area contributed by atoms with Crippen molar-refractivity contribution >= 4 is 17.3 Å². The number of unbranched alkanes of at least 4 members (excludes halogenated alkanes) is 1. The number of carbonyl (C=O) groups excluding carboxylic acids is 1. The highest BCUT2D eigenvalue weighted by molar-refractivity contribution is 6.04. The maximum absolute atomic E-state index is 12.1. The van der Waals surface area contributed by atoms with E-state index in [0.717, 1.165) is 17.8 Å². The number of amides is 1. The highest BCUT2D eigenvalue weighted by Gasteiger charge is 2.05. The molecule has 2 rings (SSSR count). The van der Waals surface area contributed by atoms with Gasteiger partial charge in [-0.25, -0.2) is 0 Å². The Morgan fingerprint density at radius 3 is 2.19 bits per heavy atom. The first-order valence-corrected chi connectivity index (χ1v) is 7.20. The zero-order valence-electron chi connectivity index (χ0n) is 12.2. The molecule has 1 amide bonds. The van der Waals surface area contributed by atoms with Crippen LogP contribution in [-0.2, 0) is 6.42 Å². The highest BCUT2D eigenvalue weighted by atomic mass is 16.1. The van der Waals surface area contributed by atoms with Crippen LogP contribution in [0.3, 0.4) is 0 Å². The van der Waals surface area contributed by atoms with Gasteiger partial charge in [-0.2, -0.15) is 0 Å². The van der Waals surface area contributed by atoms with E-state index in [1.54, 1.807) is 24.3 Å². The Bertz CT molecular complexity index is 576. The van der Waals surface area contributed by atoms with Gasteiger partial charge in [0.05, 0.1) is 0 Å². The topological polar surface area (TPSA) is 67.2 Å². The zero-order chi connectivity index (χ0) is 15.1. The average Bonchev–Trinajstić information content (AvgIpc) is 2.54. The summed E-state index contributed by atoms with van der Waals surface area (Å²) in [6.45, 7) is 2.18. The van der Waals surface area contributed by atoms with Gasteiger partial charge in [0.1, 0.15) is 0 Å². The monoisotopic (exact) mass is 283 g/mol. The molecule has 2 aromatic rings. The summed E-state index contributed by atoms with van der Waals surface area (Å²) in [5, 5.41) is 2.89. The standard InChI is InChI=1S/C17H21N3O/c1-2-3-4-13-5-9-15(10-6-13)19-17(21)14-7-11-16(20-18)12-8-14/h5-12,20H,2-4,18H2,1H3,(H,19,21). The molecule has 0 aliphatic carbocycles. The number of hydrazine groups is 1. The van der Waals surface area contributed by atoms with Gasteiger partial charge in [-0.1, -0.05) is 25.5 Å². The normalized spacial score (nSPS) is 10.2. The number of carbonyl (C=O) groups is 1. The van der Waals surface area contributed by atoms with Crippen molar-refractivity contribution in [2.24, 2.45) is 5.84 Å². The third kappa shape index (κ3) is 4.33. The minimum absolute atomic E-state index is 0.125. The summed E-state index contributed by atoms with van der Waals surface area (Å²) in [6, 6.07) is 15.0. The number of rotatable bonds is 6. The second-order valence-electron chi connectivity index (χ2n) is 4.98. The minimum Gasteiger partial charge on any atom is -0.324 e. The smallest absolute Gasteiger partial charge is 0.255 e. The van der Waals surface area contributed by atoms with Crippen molar-refractivity contribution < 1.29 is 4.79 Å². The van der Waals surface area contributed by atoms with E-state index in [1.807, 2.05) is 12.1 Å². The molecule has 4 N–H and O–H groups in total. The Kier molecular flexibility index (Phi) is 5.35. The van der Waals surface area contributed by atoms with E-state index in [0.29, 0.717) is 5.56 Å². The van der Waals surface area contributed by atoms with Crippen molar-refractivity contribution in [2.75, 3.05) is 10.7 Å². The first-order chi connectivity index (χ1) is 10.2. The van der Waals surface area contributed by atoms with Crippen LogP contribution in [0.5, 0.6) is 0 Å². The Morgan fingerprint density at radius 2 is 1.62 bits per heavy atom. The lowest BCUT2D eigenvalue weighted by Gasteiger charge is -2.07. The molecule has 0 fully saturated rings. The largest absolute Gasteiger partial charge is 0.324 e. The molecule has 0 heterocycles. The number of nitrogen functional groups attached to an aromatic ring is 1. The molecule has 0 aromatic heterocycles. The molecule has 2 aromatic carbocycles. The van der Waals surface area contributed by atoms with Gasteiger partial charge in [0.2, 0.25) is 0 Å². The molecule has 110 valence electrons. The van der Waals surface area contributed by atoms with E-state index < -0.39 is 0 Å². The number of hydrogen-bond acceptors (Lipinski definition) is 3. The van der Waals surface area contributed by atoms with Crippen molar-refractivity contribution in [1.82, 2.24) is 0 Å². The SMILES string of the molecule is CCCCc1ccc(NC(=O)c2ccc(NN)cc2)cc1. The lowest BCUT2D eigenvalue weighted by Crippen LogP contribution is -2.12. The van der Waals surface area contributed by atoms with Gasteiger partial charge in [0.25, 0.3) is 5.91 Å². The fraction of sp³-hybridized carbons (Fsp3) is 0.235. The Labute approximate surface area is 125 Å². The molecule has 0 atom stereocenters. The van der Waals surface area contributed by atoms with E-state index in [2.05, 4.69) is 29.8 Å². The lowest BCUT2D eigenvalue weighted by molar-refractivity contribution is 0.102. The third-order valence-corrected chi connectivity index (χ3v) is 3.34. The molecular formula is C17H21N3O. The maximum atomic E-state index is 12.1. The molecule has 0 aliphatic rings. The van der Waals surface area contributed by atoms with Gasteiger partial charge in [-0.05, 0) is 54.8 Å². The Balaban J connectivity index is 1.98. The van der Waals surface area contributed by atoms with Crippen LogP contribution in [-0.4, -0.2) is 5.91 Å². The first-order valence-electron chi connectivity index (χ1n) is 7.20. The molecule has 4 heteroatoms. The van der Waals surface area contributed by atoms with E-state index in [-0.39, 0.29) is 5.91 Å². The van der Waals surface area contributed by atoms with Gasteiger partial charge < -0.3 is 10.7 Å². The van der Waals surface area contributed by atoms with Gasteiger partial charge >= 0.3 is 0 Å². The summed E-state index contributed by atoms with van der Waals surface area (Å²) in [6.07, 6.45) is 3.46. The number of aryl methyl sites for hydroxylation is 1. The summed E-state index contributed by atoms with van der Waals surface area (Å²) >= 11 is 0. The molecule has 0 saturated heterocycles. The molecule has 0 aliphatic heterocycles. The third-order valence-electron chi connectivity index (χ3n) is 3.34. The number of benzene rings is 2. The predicted octanol–water partition coefficient (Wildman–Crippen LogP) is 3.57. The van der Waals surface area contributed by atoms with Crippen molar-refractivity contribution in [3.63, 3.8) is 0 Å². The van der Waals surface area contributed by atoms with Crippen molar-refractivity contribution in [2.45, 2.75) is 26.2 Å². The van der Waals surface area contributed by atoms with E-state index in [4.69, 9.17) is 5.84 Å². The molecule has 0 radical (unpaired) electrons. The number of nitrogens with two attached hydrogens (primary N) is 1. The van der Waals surface area contributed by atoms with Crippen molar-refractivity contribution in [3.05, 3.63) is 59.7 Å².